The normalized spacial score (nSPS) is 12.0. The maximum absolute atomic E-state index is 6.74. The highest BCUT2D eigenvalue weighted by Crippen LogP contribution is 2.41. The van der Waals surface area contributed by atoms with Crippen LogP contribution in [-0.2, 0) is 0 Å². The molecule has 6 nitrogen and oxygen atoms in total. The average Bonchev–Trinajstić information content (AvgIpc) is 3.90. The van der Waals surface area contributed by atoms with Crippen molar-refractivity contribution in [3.63, 3.8) is 0 Å². The maximum Gasteiger partial charge on any atom is 0.238 e. The van der Waals surface area contributed by atoms with Crippen molar-refractivity contribution in [2.24, 2.45) is 0 Å². The van der Waals surface area contributed by atoms with Gasteiger partial charge in [0.1, 0.15) is 11.2 Å². The highest BCUT2D eigenvalue weighted by molar-refractivity contribution is 6.15. The molecule has 6 heteroatoms. The van der Waals surface area contributed by atoms with Gasteiger partial charge in [0.2, 0.25) is 5.95 Å². The third-order valence-electron chi connectivity index (χ3n) is 10.9. The summed E-state index contributed by atoms with van der Waals surface area (Å²) in [7, 11) is 0. The van der Waals surface area contributed by atoms with E-state index in [4.69, 9.17) is 19.4 Å². The molecule has 0 aliphatic carbocycles. The summed E-state index contributed by atoms with van der Waals surface area (Å²) in [6.45, 7) is 0. The lowest BCUT2D eigenvalue weighted by Gasteiger charge is -2.13. The Hall–Kier alpha value is -7.57. The molecule has 0 atom stereocenters. The smallest absolute Gasteiger partial charge is 0.238 e. The molecular weight excluding hydrogens is 675 g/mol. The lowest BCUT2D eigenvalue weighted by molar-refractivity contribution is 0.669. The molecule has 0 saturated heterocycles. The van der Waals surface area contributed by atoms with Gasteiger partial charge in [0.15, 0.2) is 11.6 Å². The first-order chi connectivity index (χ1) is 27.3. The van der Waals surface area contributed by atoms with Gasteiger partial charge in [-0.1, -0.05) is 127 Å². The van der Waals surface area contributed by atoms with E-state index in [1.807, 2.05) is 42.5 Å². The van der Waals surface area contributed by atoms with Crippen LogP contribution in [0, 0.1) is 0 Å². The molecule has 0 unspecified atom stereocenters. The van der Waals surface area contributed by atoms with Crippen molar-refractivity contribution < 1.29 is 4.42 Å². The summed E-state index contributed by atoms with van der Waals surface area (Å²) >= 11 is 0. The third-order valence-corrected chi connectivity index (χ3v) is 10.9. The second kappa shape index (κ2) is 11.5. The number of hydrogen-bond acceptors (Lipinski definition) is 4. The number of furan rings is 1. The van der Waals surface area contributed by atoms with Crippen molar-refractivity contribution in [2.75, 3.05) is 0 Å². The van der Waals surface area contributed by atoms with E-state index in [9.17, 15) is 0 Å². The number of benzene rings is 8. The molecule has 8 aromatic carbocycles. The molecule has 0 aliphatic rings. The van der Waals surface area contributed by atoms with Crippen molar-refractivity contribution in [1.29, 1.82) is 0 Å². The third kappa shape index (κ3) is 4.46. The van der Waals surface area contributed by atoms with Crippen LogP contribution in [0.3, 0.4) is 0 Å². The molecule has 12 rings (SSSR count). The fraction of sp³-hybridized carbons (Fsp3) is 0. The Morgan fingerprint density at radius 3 is 1.67 bits per heavy atom. The van der Waals surface area contributed by atoms with Gasteiger partial charge in [0, 0.05) is 43.6 Å². The molecule has 0 saturated carbocycles. The number of rotatable bonds is 4. The molecule has 0 amide bonds. The van der Waals surface area contributed by atoms with E-state index in [2.05, 4.69) is 143 Å². The van der Waals surface area contributed by atoms with Crippen molar-refractivity contribution in [3.8, 4) is 34.4 Å². The van der Waals surface area contributed by atoms with Gasteiger partial charge in [-0.15, -0.1) is 0 Å². The summed E-state index contributed by atoms with van der Waals surface area (Å²) in [5.74, 6) is 1.66. The summed E-state index contributed by atoms with van der Waals surface area (Å²) in [5.41, 5.74) is 8.54. The Morgan fingerprint density at radius 1 is 0.382 bits per heavy atom. The van der Waals surface area contributed by atoms with Crippen molar-refractivity contribution in [2.45, 2.75) is 0 Å². The number of nitrogens with zero attached hydrogens (tertiary/aromatic N) is 5. The van der Waals surface area contributed by atoms with Crippen LogP contribution in [-0.4, -0.2) is 24.1 Å². The summed E-state index contributed by atoms with van der Waals surface area (Å²) in [6.07, 6.45) is 0. The van der Waals surface area contributed by atoms with Crippen LogP contribution in [0.2, 0.25) is 0 Å². The monoisotopic (exact) mass is 703 g/mol. The molecule has 0 aliphatic heterocycles. The minimum atomic E-state index is 0.530. The van der Waals surface area contributed by atoms with Gasteiger partial charge in [-0.25, -0.2) is 4.98 Å². The predicted octanol–water partition coefficient (Wildman–Crippen LogP) is 12.5. The number of hydrogen-bond donors (Lipinski definition) is 0. The predicted molar refractivity (Wildman–Crippen MR) is 224 cm³/mol. The Labute approximate surface area is 314 Å². The van der Waals surface area contributed by atoms with Crippen LogP contribution in [0.15, 0.2) is 180 Å². The average molecular weight is 704 g/mol. The largest absolute Gasteiger partial charge is 0.455 e. The molecule has 0 radical (unpaired) electrons. The molecule has 0 N–H and O–H groups in total. The topological polar surface area (TPSA) is 61.7 Å². The number of fused-ring (bicyclic) bond motifs is 10. The Bertz CT molecular complexity index is 3450. The second-order valence-electron chi connectivity index (χ2n) is 14.1. The summed E-state index contributed by atoms with van der Waals surface area (Å²) < 4.78 is 11.3. The molecule has 55 heavy (non-hydrogen) atoms. The van der Waals surface area contributed by atoms with Gasteiger partial charge in [0.05, 0.1) is 27.6 Å². The Morgan fingerprint density at radius 2 is 0.945 bits per heavy atom. The van der Waals surface area contributed by atoms with Crippen LogP contribution in [0.5, 0.6) is 0 Å². The summed E-state index contributed by atoms with van der Waals surface area (Å²) in [6, 6.07) is 61.5. The SMILES string of the molecule is c1ccc(-c2nc(-c3cc(-n4c5ccccc5c5cc6ccccc6cc54)cc4c3oc3ccccc34)nc(-n3c4ccccc4c4ccccc43)n2)cc1. The molecule has 0 fully saturated rings. The standard InChI is InChI=1S/C49H29N5O/c1-2-14-30(15-3-1)47-50-48(52-49(51-47)54-42-23-11-6-18-34(42)35-19-7-12-24-43(35)54)40-29-33(28-39-37-21-9-13-25-45(37)55-46(39)40)53-41-22-10-8-20-36(41)38-26-31-16-4-5-17-32(31)27-44(38)53/h1-29H. The first-order valence-electron chi connectivity index (χ1n) is 18.4. The van der Waals surface area contributed by atoms with E-state index >= 15 is 0 Å². The van der Waals surface area contributed by atoms with Crippen molar-refractivity contribution in [1.82, 2.24) is 24.1 Å². The quantitative estimate of drug-likeness (QED) is 0.183. The first kappa shape index (κ1) is 29.9. The van der Waals surface area contributed by atoms with Gasteiger partial charge >= 0.3 is 0 Å². The zero-order chi connectivity index (χ0) is 36.0. The van der Waals surface area contributed by atoms with Crippen LogP contribution in [0.4, 0.5) is 0 Å². The molecule has 0 spiro atoms. The van der Waals surface area contributed by atoms with Crippen LogP contribution >= 0.6 is 0 Å². The fourth-order valence-electron chi connectivity index (χ4n) is 8.48. The van der Waals surface area contributed by atoms with E-state index < -0.39 is 0 Å². The minimum absolute atomic E-state index is 0.530. The molecule has 4 aromatic heterocycles. The molecule has 4 heterocycles. The number of aromatic nitrogens is 5. The molecular formula is C49H29N5O. The maximum atomic E-state index is 6.74. The zero-order valence-corrected chi connectivity index (χ0v) is 29.4. The van der Waals surface area contributed by atoms with E-state index in [-0.39, 0.29) is 0 Å². The van der Waals surface area contributed by atoms with Gasteiger partial charge in [-0.2, -0.15) is 9.97 Å². The van der Waals surface area contributed by atoms with Gasteiger partial charge in [-0.05, 0) is 59.3 Å². The van der Waals surface area contributed by atoms with Crippen molar-refractivity contribution >= 4 is 76.3 Å². The lowest BCUT2D eigenvalue weighted by atomic mass is 10.1. The molecule has 12 aromatic rings. The van der Waals surface area contributed by atoms with Gasteiger partial charge < -0.3 is 8.98 Å². The highest BCUT2D eigenvalue weighted by atomic mass is 16.3. The van der Waals surface area contributed by atoms with Crippen LogP contribution < -0.4 is 0 Å². The fourth-order valence-corrected chi connectivity index (χ4v) is 8.48. The minimum Gasteiger partial charge on any atom is -0.455 e. The van der Waals surface area contributed by atoms with Crippen LogP contribution in [0.1, 0.15) is 0 Å². The summed E-state index contributed by atoms with van der Waals surface area (Å²) in [4.78, 5) is 15.8. The second-order valence-corrected chi connectivity index (χ2v) is 14.1. The van der Waals surface area contributed by atoms with E-state index in [1.54, 1.807) is 0 Å². The summed E-state index contributed by atoms with van der Waals surface area (Å²) in [5, 5.41) is 9.11. The number of para-hydroxylation sites is 4. The van der Waals surface area contributed by atoms with E-state index in [0.717, 1.165) is 71.6 Å². The molecule has 0 bridgehead atoms. The highest BCUT2D eigenvalue weighted by Gasteiger charge is 2.23. The van der Waals surface area contributed by atoms with Crippen LogP contribution in [0.25, 0.3) is 111 Å². The molecule has 256 valence electrons. The zero-order valence-electron chi connectivity index (χ0n) is 29.4. The van der Waals surface area contributed by atoms with Gasteiger partial charge in [-0.3, -0.25) is 4.57 Å². The van der Waals surface area contributed by atoms with Gasteiger partial charge in [0.25, 0.3) is 0 Å². The Kier molecular flexibility index (Phi) is 6.24. The van der Waals surface area contributed by atoms with Crippen molar-refractivity contribution in [3.05, 3.63) is 176 Å². The Balaban J connectivity index is 1.21. The first-order valence-corrected chi connectivity index (χ1v) is 18.4. The van der Waals surface area contributed by atoms with E-state index in [1.165, 1.54) is 21.5 Å². The van der Waals surface area contributed by atoms with E-state index in [0.29, 0.717) is 17.6 Å². The lowest BCUT2D eigenvalue weighted by Crippen LogP contribution is -2.06.